The van der Waals surface area contributed by atoms with E-state index in [2.05, 4.69) is 25.4 Å². The molecule has 1 aliphatic heterocycles. The largest absolute Gasteiger partial charge is 0.471 e. The maximum absolute atomic E-state index is 14.2. The standard InChI is InChI=1S/C32H28ClF6N9O5/c1-45-24(20-14-48(44-26(20)31(34,35)36)25-5-4-22-23(43-25)12-17(41-22)10-18(50)15-49)13-40-27(45)28(51)42-16-2-3-19(21(33)11-16)29(52)46-6-8-47(9-7-46)30(53)32(37,38)39/h2-5,11-14,18,41,49-50H,6-10,15H2,1H3,(H,42,51)/t18-/m0/s1. The van der Waals surface area contributed by atoms with E-state index in [-0.39, 0.29) is 66.2 Å². The van der Waals surface area contributed by atoms with Crippen LogP contribution in [0.1, 0.15) is 32.4 Å². The predicted molar refractivity (Wildman–Crippen MR) is 175 cm³/mol. The summed E-state index contributed by atoms with van der Waals surface area (Å²) < 4.78 is 83.1. The minimum absolute atomic E-state index is 0.0117. The molecule has 21 heteroatoms. The predicted octanol–water partition coefficient (Wildman–Crippen LogP) is 3.82. The van der Waals surface area contributed by atoms with Crippen molar-refractivity contribution in [3.05, 3.63) is 76.6 Å². The van der Waals surface area contributed by atoms with Crippen LogP contribution in [0.15, 0.2) is 48.8 Å². The normalized spacial score (nSPS) is 14.5. The van der Waals surface area contributed by atoms with Gasteiger partial charge >= 0.3 is 18.3 Å². The van der Waals surface area contributed by atoms with Crippen molar-refractivity contribution in [3.8, 4) is 17.1 Å². The van der Waals surface area contributed by atoms with Gasteiger partial charge < -0.3 is 34.9 Å². The van der Waals surface area contributed by atoms with Gasteiger partial charge in [0.15, 0.2) is 17.3 Å². The van der Waals surface area contributed by atoms with Gasteiger partial charge in [0.25, 0.3) is 11.8 Å². The molecule has 1 fully saturated rings. The monoisotopic (exact) mass is 767 g/mol. The molecular weight excluding hydrogens is 740 g/mol. The van der Waals surface area contributed by atoms with Crippen molar-refractivity contribution >= 4 is 46.0 Å². The van der Waals surface area contributed by atoms with E-state index in [0.717, 1.165) is 21.6 Å². The molecule has 0 spiro atoms. The van der Waals surface area contributed by atoms with Crippen LogP contribution in [0.25, 0.3) is 28.1 Å². The smallest absolute Gasteiger partial charge is 0.394 e. The van der Waals surface area contributed by atoms with Crippen molar-refractivity contribution in [2.45, 2.75) is 24.9 Å². The van der Waals surface area contributed by atoms with Gasteiger partial charge in [-0.05, 0) is 36.4 Å². The van der Waals surface area contributed by atoms with Crippen LogP contribution < -0.4 is 5.32 Å². The fraction of sp³-hybridized carbons (Fsp3) is 0.312. The molecule has 0 saturated carbocycles. The number of amides is 3. The fourth-order valence-electron chi connectivity index (χ4n) is 5.78. The number of aromatic amines is 1. The van der Waals surface area contributed by atoms with Gasteiger partial charge in [-0.2, -0.15) is 31.4 Å². The zero-order chi connectivity index (χ0) is 38.4. The molecular formula is C32H28ClF6N9O5. The van der Waals surface area contributed by atoms with E-state index in [1.54, 1.807) is 12.1 Å². The Hall–Kier alpha value is -5.47. The molecule has 4 aromatic heterocycles. The lowest BCUT2D eigenvalue weighted by Gasteiger charge is -2.35. The van der Waals surface area contributed by atoms with Crippen LogP contribution in [0.3, 0.4) is 0 Å². The summed E-state index contributed by atoms with van der Waals surface area (Å²) in [4.78, 5) is 51.0. The Morgan fingerprint density at radius 2 is 1.72 bits per heavy atom. The first kappa shape index (κ1) is 37.3. The molecule has 1 aromatic carbocycles. The third kappa shape index (κ3) is 7.69. The maximum atomic E-state index is 14.2. The van der Waals surface area contributed by atoms with E-state index in [1.165, 1.54) is 36.2 Å². The number of hydrogen-bond donors (Lipinski definition) is 4. The number of hydrogen-bond acceptors (Lipinski definition) is 8. The van der Waals surface area contributed by atoms with Gasteiger partial charge in [-0.3, -0.25) is 14.4 Å². The Balaban J connectivity index is 1.18. The second kappa shape index (κ2) is 14.2. The molecule has 5 aromatic rings. The fourth-order valence-corrected chi connectivity index (χ4v) is 6.05. The van der Waals surface area contributed by atoms with Crippen LogP contribution in [-0.4, -0.2) is 112 Å². The second-order valence-corrected chi connectivity index (χ2v) is 12.4. The van der Waals surface area contributed by atoms with Crippen LogP contribution in [-0.2, 0) is 24.4 Å². The molecule has 53 heavy (non-hydrogen) atoms. The third-order valence-electron chi connectivity index (χ3n) is 8.42. The van der Waals surface area contributed by atoms with Gasteiger partial charge in [0.1, 0.15) is 0 Å². The summed E-state index contributed by atoms with van der Waals surface area (Å²) >= 11 is 6.32. The first-order valence-electron chi connectivity index (χ1n) is 15.7. The summed E-state index contributed by atoms with van der Waals surface area (Å²) in [6.45, 7) is -1.44. The highest BCUT2D eigenvalue weighted by molar-refractivity contribution is 6.34. The number of imidazole rings is 1. The van der Waals surface area contributed by atoms with Crippen molar-refractivity contribution in [1.82, 2.24) is 39.1 Å². The van der Waals surface area contributed by atoms with Gasteiger partial charge in [-0.1, -0.05) is 11.6 Å². The van der Waals surface area contributed by atoms with Gasteiger partial charge in [-0.25, -0.2) is 14.6 Å². The Kier molecular flexibility index (Phi) is 9.96. The Bertz CT molecular complexity index is 2210. The van der Waals surface area contributed by atoms with Crippen LogP contribution >= 0.6 is 11.6 Å². The molecule has 5 heterocycles. The summed E-state index contributed by atoms with van der Waals surface area (Å²) in [7, 11) is 1.33. The quantitative estimate of drug-likeness (QED) is 0.173. The molecule has 0 unspecified atom stereocenters. The van der Waals surface area contributed by atoms with Crippen LogP contribution in [0, 0.1) is 0 Å². The van der Waals surface area contributed by atoms with Crippen molar-refractivity contribution < 1.29 is 50.9 Å². The first-order chi connectivity index (χ1) is 24.9. The summed E-state index contributed by atoms with van der Waals surface area (Å²) in [6.07, 6.45) is -8.68. The Labute approximate surface area is 299 Å². The average Bonchev–Trinajstić information content (AvgIpc) is 3.83. The van der Waals surface area contributed by atoms with Gasteiger partial charge in [-0.15, -0.1) is 0 Å². The maximum Gasteiger partial charge on any atom is 0.471 e. The van der Waals surface area contributed by atoms with E-state index >= 15 is 0 Å². The molecule has 1 atom stereocenters. The average molecular weight is 768 g/mol. The lowest BCUT2D eigenvalue weighted by Crippen LogP contribution is -2.53. The molecule has 14 nitrogen and oxygen atoms in total. The summed E-state index contributed by atoms with van der Waals surface area (Å²) in [6, 6.07) is 8.48. The molecule has 4 N–H and O–H groups in total. The zero-order valence-corrected chi connectivity index (χ0v) is 28.1. The highest BCUT2D eigenvalue weighted by Crippen LogP contribution is 2.37. The van der Waals surface area contributed by atoms with Crippen molar-refractivity contribution in [3.63, 3.8) is 0 Å². The van der Waals surface area contributed by atoms with E-state index in [4.69, 9.17) is 16.7 Å². The minimum Gasteiger partial charge on any atom is -0.394 e. The number of carbonyl (C=O) groups excluding carboxylic acids is 3. The minimum atomic E-state index is -5.03. The number of piperazine rings is 1. The number of rotatable bonds is 8. The summed E-state index contributed by atoms with van der Waals surface area (Å²) in [5, 5.41) is 25.0. The lowest BCUT2D eigenvalue weighted by molar-refractivity contribution is -0.186. The Morgan fingerprint density at radius 1 is 1.02 bits per heavy atom. The molecule has 1 saturated heterocycles. The molecule has 1 aliphatic rings. The summed E-state index contributed by atoms with van der Waals surface area (Å²) in [5.74, 6) is -3.67. The third-order valence-corrected chi connectivity index (χ3v) is 8.73. The van der Waals surface area contributed by atoms with E-state index < -0.39 is 54.0 Å². The number of pyridine rings is 1. The van der Waals surface area contributed by atoms with Crippen LogP contribution in [0.2, 0.25) is 5.02 Å². The van der Waals surface area contributed by atoms with Crippen molar-refractivity contribution in [1.29, 1.82) is 0 Å². The van der Waals surface area contributed by atoms with Gasteiger partial charge in [0.05, 0.1) is 51.8 Å². The van der Waals surface area contributed by atoms with Crippen LogP contribution in [0.4, 0.5) is 32.0 Å². The number of H-pyrrole nitrogens is 1. The SMILES string of the molecule is Cn1c(-c2cn(-c3ccc4[nH]c(C[C@H](O)CO)cc4n3)nc2C(F)(F)F)cnc1C(=O)Nc1ccc(C(=O)N2CCN(C(=O)C(F)(F)F)CC2)c(Cl)c1. The van der Waals surface area contributed by atoms with E-state index in [9.17, 15) is 45.8 Å². The second-order valence-electron chi connectivity index (χ2n) is 12.0. The number of fused-ring (bicyclic) bond motifs is 1. The van der Waals surface area contributed by atoms with Crippen molar-refractivity contribution in [2.24, 2.45) is 7.05 Å². The number of carbonyl (C=O) groups is 3. The Morgan fingerprint density at radius 3 is 2.36 bits per heavy atom. The molecule has 280 valence electrons. The number of benzene rings is 1. The first-order valence-corrected chi connectivity index (χ1v) is 16.1. The number of aliphatic hydroxyl groups is 2. The number of aromatic nitrogens is 6. The topological polar surface area (TPSA) is 174 Å². The number of halogens is 7. The highest BCUT2D eigenvalue weighted by Gasteiger charge is 2.43. The van der Waals surface area contributed by atoms with Gasteiger partial charge in [0.2, 0.25) is 0 Å². The number of alkyl halides is 6. The van der Waals surface area contributed by atoms with E-state index in [1.807, 2.05) is 0 Å². The highest BCUT2D eigenvalue weighted by atomic mass is 35.5. The molecule has 0 bridgehead atoms. The lowest BCUT2D eigenvalue weighted by atomic mass is 10.1. The van der Waals surface area contributed by atoms with Crippen molar-refractivity contribution in [2.75, 3.05) is 38.1 Å². The molecule has 0 aliphatic carbocycles. The van der Waals surface area contributed by atoms with Crippen LogP contribution in [0.5, 0.6) is 0 Å². The van der Waals surface area contributed by atoms with E-state index in [0.29, 0.717) is 21.6 Å². The number of nitrogens with one attached hydrogen (secondary N) is 2. The number of aliphatic hydroxyl groups excluding tert-OH is 2. The number of anilines is 1. The number of nitrogens with zero attached hydrogens (tertiary/aromatic N) is 7. The summed E-state index contributed by atoms with van der Waals surface area (Å²) in [5.41, 5.74) is -0.206. The molecule has 6 rings (SSSR count). The molecule has 3 amide bonds. The molecule has 0 radical (unpaired) electrons. The van der Waals surface area contributed by atoms with Gasteiger partial charge in [0, 0.05) is 57.2 Å². The zero-order valence-electron chi connectivity index (χ0n) is 27.3.